The molecule has 1 N–H and O–H groups in total. The molecule has 2 aliphatic rings. The van der Waals surface area contributed by atoms with Gasteiger partial charge in [-0.2, -0.15) is 0 Å². The Labute approximate surface area is 147 Å². The van der Waals surface area contributed by atoms with Crippen molar-refractivity contribution in [3.8, 4) is 0 Å². The summed E-state index contributed by atoms with van der Waals surface area (Å²) in [4.78, 5) is 28.2. The Hall–Kier alpha value is -1.40. The minimum absolute atomic E-state index is 0.0328. The van der Waals surface area contributed by atoms with Crippen LogP contribution in [-0.2, 0) is 22.4 Å². The maximum absolute atomic E-state index is 12.4. The highest BCUT2D eigenvalue weighted by atomic mass is 32.1. The molecule has 0 aromatic carbocycles. The summed E-state index contributed by atoms with van der Waals surface area (Å²) in [6.07, 6.45) is 5.36. The van der Waals surface area contributed by atoms with Crippen molar-refractivity contribution < 1.29 is 14.3 Å². The number of anilines is 1. The monoisotopic (exact) mass is 350 g/mol. The smallest absolute Gasteiger partial charge is 0.341 e. The van der Waals surface area contributed by atoms with Crippen LogP contribution in [0.1, 0.15) is 53.9 Å². The van der Waals surface area contributed by atoms with E-state index < -0.39 is 0 Å². The molecular formula is C18H26N2O3S. The van der Waals surface area contributed by atoms with E-state index >= 15 is 0 Å². The van der Waals surface area contributed by atoms with Crippen molar-refractivity contribution in [3.63, 3.8) is 0 Å². The van der Waals surface area contributed by atoms with Crippen LogP contribution in [0, 0.1) is 5.92 Å². The highest BCUT2D eigenvalue weighted by molar-refractivity contribution is 7.17. The van der Waals surface area contributed by atoms with Crippen LogP contribution in [0.5, 0.6) is 0 Å². The Balaban J connectivity index is 1.70. The minimum atomic E-state index is -0.307. The molecule has 0 radical (unpaired) electrons. The topological polar surface area (TPSA) is 58.6 Å². The van der Waals surface area contributed by atoms with Gasteiger partial charge < -0.3 is 10.1 Å². The van der Waals surface area contributed by atoms with E-state index in [1.807, 2.05) is 0 Å². The molecule has 2 heterocycles. The number of nitrogens with one attached hydrogen (secondary N) is 1. The molecule has 1 saturated heterocycles. The number of rotatable bonds is 5. The largest absolute Gasteiger partial charge is 0.462 e. The summed E-state index contributed by atoms with van der Waals surface area (Å²) >= 11 is 1.54. The lowest BCUT2D eigenvalue weighted by atomic mass is 10.0. The summed E-state index contributed by atoms with van der Waals surface area (Å²) in [5.74, 6) is 0.306. The van der Waals surface area contributed by atoms with Crippen LogP contribution in [0.4, 0.5) is 5.00 Å². The average Bonchev–Trinajstić information content (AvgIpc) is 3.07. The fourth-order valence-electron chi connectivity index (χ4n) is 3.71. The molecule has 1 aliphatic carbocycles. The number of likely N-dealkylation sites (tertiary alicyclic amines) is 1. The van der Waals surface area contributed by atoms with Crippen LogP contribution in [0.25, 0.3) is 0 Å². The molecule has 1 fully saturated rings. The highest BCUT2D eigenvalue weighted by Crippen LogP contribution is 2.39. The molecule has 0 bridgehead atoms. The number of nitrogens with zero attached hydrogens (tertiary/aromatic N) is 1. The number of hydrogen-bond donors (Lipinski definition) is 1. The SMILES string of the molecule is CCOC(=O)c1c(NC(=O)CN2CCC[C@H](C)C2)sc2c1CCC2. The van der Waals surface area contributed by atoms with E-state index in [0.29, 0.717) is 29.6 Å². The van der Waals surface area contributed by atoms with Crippen LogP contribution in [0.3, 0.4) is 0 Å². The van der Waals surface area contributed by atoms with E-state index in [2.05, 4.69) is 17.1 Å². The maximum atomic E-state index is 12.4. The average molecular weight is 350 g/mol. The van der Waals surface area contributed by atoms with Gasteiger partial charge in [-0.3, -0.25) is 9.69 Å². The summed E-state index contributed by atoms with van der Waals surface area (Å²) < 4.78 is 5.20. The number of carbonyl (C=O) groups excluding carboxylic acids is 2. The number of aryl methyl sites for hydroxylation is 1. The molecule has 1 aliphatic heterocycles. The molecule has 1 amide bonds. The lowest BCUT2D eigenvalue weighted by Gasteiger charge is -2.30. The Morgan fingerprint density at radius 1 is 1.33 bits per heavy atom. The van der Waals surface area contributed by atoms with E-state index in [9.17, 15) is 9.59 Å². The quantitative estimate of drug-likeness (QED) is 0.829. The van der Waals surface area contributed by atoms with Crippen LogP contribution in [0.2, 0.25) is 0 Å². The molecule has 3 rings (SSSR count). The summed E-state index contributed by atoms with van der Waals surface area (Å²) in [6.45, 7) is 6.73. The van der Waals surface area contributed by atoms with E-state index in [1.165, 1.54) is 11.3 Å². The number of amides is 1. The van der Waals surface area contributed by atoms with Gasteiger partial charge in [-0.05, 0) is 57.1 Å². The van der Waals surface area contributed by atoms with E-state index in [1.54, 1.807) is 18.3 Å². The zero-order valence-electron chi connectivity index (χ0n) is 14.5. The van der Waals surface area contributed by atoms with Crippen LogP contribution < -0.4 is 5.32 Å². The zero-order valence-corrected chi connectivity index (χ0v) is 15.3. The number of carbonyl (C=O) groups is 2. The summed E-state index contributed by atoms with van der Waals surface area (Å²) in [5.41, 5.74) is 1.68. The number of ether oxygens (including phenoxy) is 1. The Morgan fingerprint density at radius 3 is 2.92 bits per heavy atom. The third-order valence-electron chi connectivity index (χ3n) is 4.76. The molecule has 0 saturated carbocycles. The maximum Gasteiger partial charge on any atom is 0.341 e. The molecule has 0 unspecified atom stereocenters. The number of hydrogen-bond acceptors (Lipinski definition) is 5. The van der Waals surface area contributed by atoms with Gasteiger partial charge in [0.1, 0.15) is 5.00 Å². The highest BCUT2D eigenvalue weighted by Gasteiger charge is 2.28. The Bertz CT molecular complexity index is 626. The van der Waals surface area contributed by atoms with Gasteiger partial charge in [-0.25, -0.2) is 4.79 Å². The summed E-state index contributed by atoms with van der Waals surface area (Å²) in [6, 6.07) is 0. The molecule has 24 heavy (non-hydrogen) atoms. The summed E-state index contributed by atoms with van der Waals surface area (Å²) in [5, 5.41) is 3.65. The first kappa shape index (κ1) is 17.4. The first-order chi connectivity index (χ1) is 11.6. The lowest BCUT2D eigenvalue weighted by Crippen LogP contribution is -2.39. The predicted molar refractivity (Wildman–Crippen MR) is 95.8 cm³/mol. The van der Waals surface area contributed by atoms with Crippen LogP contribution in [0.15, 0.2) is 0 Å². The second-order valence-electron chi connectivity index (χ2n) is 6.81. The van der Waals surface area contributed by atoms with Crippen LogP contribution >= 0.6 is 11.3 Å². The van der Waals surface area contributed by atoms with Gasteiger partial charge in [-0.1, -0.05) is 6.92 Å². The van der Waals surface area contributed by atoms with Crippen molar-refractivity contribution in [1.82, 2.24) is 4.90 Å². The molecule has 132 valence electrons. The standard InChI is InChI=1S/C18H26N2O3S/c1-3-23-18(22)16-13-7-4-8-14(13)24-17(16)19-15(21)11-20-9-5-6-12(2)10-20/h12H,3-11H2,1-2H3,(H,19,21)/t12-/m0/s1. The number of esters is 1. The van der Waals surface area contributed by atoms with E-state index in [0.717, 1.165) is 44.3 Å². The second kappa shape index (κ2) is 7.66. The third-order valence-corrected chi connectivity index (χ3v) is 5.97. The zero-order chi connectivity index (χ0) is 17.1. The molecule has 1 aromatic heterocycles. The number of piperidine rings is 1. The Kier molecular flexibility index (Phi) is 5.56. The minimum Gasteiger partial charge on any atom is -0.462 e. The molecule has 5 nitrogen and oxygen atoms in total. The lowest BCUT2D eigenvalue weighted by molar-refractivity contribution is -0.117. The molecule has 1 aromatic rings. The van der Waals surface area contributed by atoms with Crippen molar-refractivity contribution in [1.29, 1.82) is 0 Å². The van der Waals surface area contributed by atoms with E-state index in [4.69, 9.17) is 4.74 Å². The van der Waals surface area contributed by atoms with Gasteiger partial charge >= 0.3 is 5.97 Å². The van der Waals surface area contributed by atoms with Gasteiger partial charge in [0.05, 0.1) is 18.7 Å². The first-order valence-electron chi connectivity index (χ1n) is 8.92. The van der Waals surface area contributed by atoms with Crippen LogP contribution in [-0.4, -0.2) is 43.0 Å². The van der Waals surface area contributed by atoms with Gasteiger partial charge in [0.15, 0.2) is 0 Å². The fourth-order valence-corrected chi connectivity index (χ4v) is 5.00. The van der Waals surface area contributed by atoms with Crippen molar-refractivity contribution in [3.05, 3.63) is 16.0 Å². The fraction of sp³-hybridized carbons (Fsp3) is 0.667. The third kappa shape index (κ3) is 3.81. The number of thiophene rings is 1. The molecule has 0 spiro atoms. The number of fused-ring (bicyclic) bond motifs is 1. The van der Waals surface area contributed by atoms with E-state index in [-0.39, 0.29) is 11.9 Å². The van der Waals surface area contributed by atoms with Crippen molar-refractivity contribution in [2.45, 2.75) is 46.0 Å². The molecule has 6 heteroatoms. The molecular weight excluding hydrogens is 324 g/mol. The van der Waals surface area contributed by atoms with Gasteiger partial charge in [-0.15, -0.1) is 11.3 Å². The second-order valence-corrected chi connectivity index (χ2v) is 7.92. The predicted octanol–water partition coefficient (Wildman–Crippen LogP) is 3.08. The first-order valence-corrected chi connectivity index (χ1v) is 9.74. The van der Waals surface area contributed by atoms with Gasteiger partial charge in [0.25, 0.3) is 0 Å². The van der Waals surface area contributed by atoms with Crippen molar-refractivity contribution >= 4 is 28.2 Å². The van der Waals surface area contributed by atoms with Crippen molar-refractivity contribution in [2.75, 3.05) is 31.6 Å². The van der Waals surface area contributed by atoms with Crippen molar-refractivity contribution in [2.24, 2.45) is 5.92 Å². The normalized spacial score (nSPS) is 20.7. The Morgan fingerprint density at radius 2 is 2.17 bits per heavy atom. The van der Waals surface area contributed by atoms with Gasteiger partial charge in [0.2, 0.25) is 5.91 Å². The molecule has 1 atom stereocenters. The van der Waals surface area contributed by atoms with Gasteiger partial charge in [0, 0.05) is 11.4 Å². The summed E-state index contributed by atoms with van der Waals surface area (Å²) in [7, 11) is 0.